The van der Waals surface area contributed by atoms with Crippen molar-refractivity contribution in [3.63, 3.8) is 0 Å². The minimum Gasteiger partial charge on any atom is -0.468 e. The fourth-order valence-electron chi connectivity index (χ4n) is 2.42. The Morgan fingerprint density at radius 2 is 2.17 bits per heavy atom. The molecule has 1 fully saturated rings. The summed E-state index contributed by atoms with van der Waals surface area (Å²) in [4.78, 5) is 22.1. The molecule has 0 aliphatic heterocycles. The molecule has 0 unspecified atom stereocenters. The van der Waals surface area contributed by atoms with Crippen LogP contribution in [0.1, 0.15) is 24.8 Å². The van der Waals surface area contributed by atoms with Crippen LogP contribution in [0.4, 0.5) is 10.1 Å². The molecule has 0 atom stereocenters. The van der Waals surface area contributed by atoms with E-state index < -0.39 is 22.1 Å². The zero-order chi connectivity index (χ0) is 13.3. The number of nitrogens with zero attached hydrogens (tertiary/aromatic N) is 1. The maximum Gasteiger partial charge on any atom is 0.316 e. The lowest BCUT2D eigenvalue weighted by Crippen LogP contribution is -2.44. The average molecular weight is 253 g/mol. The number of esters is 1. The molecule has 2 rings (SSSR count). The molecule has 0 saturated heterocycles. The Morgan fingerprint density at radius 1 is 1.50 bits per heavy atom. The summed E-state index contributed by atoms with van der Waals surface area (Å²) >= 11 is 0. The summed E-state index contributed by atoms with van der Waals surface area (Å²) < 4.78 is 18.6. The molecule has 6 heteroatoms. The lowest BCUT2D eigenvalue weighted by Gasteiger charge is -2.38. The second-order valence-corrected chi connectivity index (χ2v) is 4.32. The number of hydrogen-bond acceptors (Lipinski definition) is 4. The molecule has 1 aromatic carbocycles. The molecule has 96 valence electrons. The van der Waals surface area contributed by atoms with Crippen molar-refractivity contribution in [1.82, 2.24) is 0 Å². The van der Waals surface area contributed by atoms with E-state index in [1.807, 2.05) is 0 Å². The molecule has 1 aromatic rings. The highest BCUT2D eigenvalue weighted by molar-refractivity contribution is 5.86. The minimum absolute atomic E-state index is 0.145. The van der Waals surface area contributed by atoms with E-state index in [4.69, 9.17) is 0 Å². The van der Waals surface area contributed by atoms with E-state index in [0.717, 1.165) is 12.5 Å². The van der Waals surface area contributed by atoms with Gasteiger partial charge < -0.3 is 4.74 Å². The van der Waals surface area contributed by atoms with Gasteiger partial charge in [-0.3, -0.25) is 14.9 Å². The molecule has 0 aromatic heterocycles. The molecule has 1 aliphatic rings. The Kier molecular flexibility index (Phi) is 3.02. The van der Waals surface area contributed by atoms with E-state index in [1.165, 1.54) is 19.2 Å². The zero-order valence-electron chi connectivity index (χ0n) is 9.81. The molecule has 1 aliphatic carbocycles. The third-order valence-corrected chi connectivity index (χ3v) is 3.45. The molecule has 0 N–H and O–H groups in total. The van der Waals surface area contributed by atoms with Crippen LogP contribution in [0.25, 0.3) is 0 Å². The first-order chi connectivity index (χ1) is 8.53. The number of methoxy groups -OCH3 is 1. The van der Waals surface area contributed by atoms with Crippen molar-refractivity contribution < 1.29 is 18.8 Å². The molecular formula is C12H12FNO4. The Labute approximate surface area is 103 Å². The van der Waals surface area contributed by atoms with Gasteiger partial charge in [0.25, 0.3) is 5.69 Å². The Hall–Kier alpha value is -1.98. The largest absolute Gasteiger partial charge is 0.468 e. The molecule has 1 saturated carbocycles. The standard InChI is InChI=1S/C12H12FNO4/c1-18-11(15)12(6-3-7-12)10-8(13)4-2-5-9(10)14(16)17/h2,4-5H,3,6-7H2,1H3. The van der Waals surface area contributed by atoms with Crippen molar-refractivity contribution in [1.29, 1.82) is 0 Å². The first-order valence-electron chi connectivity index (χ1n) is 5.55. The second-order valence-electron chi connectivity index (χ2n) is 4.32. The lowest BCUT2D eigenvalue weighted by atomic mass is 9.64. The van der Waals surface area contributed by atoms with E-state index in [2.05, 4.69) is 4.74 Å². The van der Waals surface area contributed by atoms with Crippen molar-refractivity contribution in [2.75, 3.05) is 7.11 Å². The van der Waals surface area contributed by atoms with Gasteiger partial charge in [0.15, 0.2) is 0 Å². The predicted octanol–water partition coefficient (Wildman–Crippen LogP) is 2.33. The summed E-state index contributed by atoms with van der Waals surface area (Å²) in [5.74, 6) is -1.34. The maximum atomic E-state index is 13.9. The van der Waals surface area contributed by atoms with Gasteiger partial charge >= 0.3 is 5.97 Å². The fraction of sp³-hybridized carbons (Fsp3) is 0.417. The van der Waals surface area contributed by atoms with Crippen molar-refractivity contribution >= 4 is 11.7 Å². The van der Waals surface area contributed by atoms with Gasteiger partial charge in [-0.15, -0.1) is 0 Å². The summed E-state index contributed by atoms with van der Waals surface area (Å²) in [5, 5.41) is 11.0. The van der Waals surface area contributed by atoms with Gasteiger partial charge in [-0.1, -0.05) is 12.5 Å². The topological polar surface area (TPSA) is 69.4 Å². The molecule has 0 spiro atoms. The van der Waals surface area contributed by atoms with Gasteiger partial charge in [0.1, 0.15) is 11.2 Å². The van der Waals surface area contributed by atoms with Gasteiger partial charge in [0, 0.05) is 6.07 Å². The van der Waals surface area contributed by atoms with Crippen molar-refractivity contribution in [3.8, 4) is 0 Å². The van der Waals surface area contributed by atoms with Gasteiger partial charge in [-0.05, 0) is 18.9 Å². The van der Waals surface area contributed by atoms with Crippen LogP contribution in [0, 0.1) is 15.9 Å². The Bertz CT molecular complexity index is 511. The van der Waals surface area contributed by atoms with Crippen LogP contribution in [0.2, 0.25) is 0 Å². The molecule has 18 heavy (non-hydrogen) atoms. The number of carbonyl (C=O) groups is 1. The zero-order valence-corrected chi connectivity index (χ0v) is 9.81. The van der Waals surface area contributed by atoms with Gasteiger partial charge in [-0.25, -0.2) is 4.39 Å². The monoisotopic (exact) mass is 253 g/mol. The smallest absolute Gasteiger partial charge is 0.316 e. The third kappa shape index (κ3) is 1.64. The van der Waals surface area contributed by atoms with Crippen LogP contribution in [-0.2, 0) is 14.9 Å². The maximum absolute atomic E-state index is 13.9. The number of halogens is 1. The molecule has 0 bridgehead atoms. The van der Waals surface area contributed by atoms with Crippen LogP contribution in [0.3, 0.4) is 0 Å². The highest BCUT2D eigenvalue weighted by atomic mass is 19.1. The third-order valence-electron chi connectivity index (χ3n) is 3.45. The van der Waals surface area contributed by atoms with E-state index in [0.29, 0.717) is 12.8 Å². The second kappa shape index (κ2) is 4.36. The summed E-state index contributed by atoms with van der Waals surface area (Å²) in [5.41, 5.74) is -1.70. The molecule has 0 amide bonds. The molecule has 0 radical (unpaired) electrons. The van der Waals surface area contributed by atoms with Gasteiger partial charge in [0.2, 0.25) is 0 Å². The Balaban J connectivity index is 2.62. The molecule has 5 nitrogen and oxygen atoms in total. The number of ether oxygens (including phenoxy) is 1. The summed E-state index contributed by atoms with van der Waals surface area (Å²) in [6.07, 6.45) is 1.48. The van der Waals surface area contributed by atoms with Gasteiger partial charge in [-0.2, -0.15) is 0 Å². The van der Waals surface area contributed by atoms with Crippen LogP contribution < -0.4 is 0 Å². The number of hydrogen-bond donors (Lipinski definition) is 0. The van der Waals surface area contributed by atoms with E-state index in [-0.39, 0.29) is 11.3 Å². The highest BCUT2D eigenvalue weighted by Gasteiger charge is 2.52. The molecule has 0 heterocycles. The van der Waals surface area contributed by atoms with Crippen molar-refractivity contribution in [2.45, 2.75) is 24.7 Å². The predicted molar refractivity (Wildman–Crippen MR) is 60.6 cm³/mol. The Morgan fingerprint density at radius 3 is 2.61 bits per heavy atom. The minimum atomic E-state index is -1.19. The number of nitro benzene ring substituents is 1. The van der Waals surface area contributed by atoms with Gasteiger partial charge in [0.05, 0.1) is 17.6 Å². The average Bonchev–Trinajstić information content (AvgIpc) is 2.29. The summed E-state index contributed by atoms with van der Waals surface area (Å²) in [6, 6.07) is 3.60. The highest BCUT2D eigenvalue weighted by Crippen LogP contribution is 2.48. The van der Waals surface area contributed by atoms with Crippen molar-refractivity contribution in [3.05, 3.63) is 39.7 Å². The van der Waals surface area contributed by atoms with Crippen LogP contribution in [-0.4, -0.2) is 18.0 Å². The van der Waals surface area contributed by atoms with Crippen molar-refractivity contribution in [2.24, 2.45) is 0 Å². The first-order valence-corrected chi connectivity index (χ1v) is 5.55. The van der Waals surface area contributed by atoms with E-state index in [9.17, 15) is 19.3 Å². The quantitative estimate of drug-likeness (QED) is 0.471. The lowest BCUT2D eigenvalue weighted by molar-refractivity contribution is -0.386. The molecular weight excluding hydrogens is 241 g/mol. The first kappa shape index (κ1) is 12.5. The van der Waals surface area contributed by atoms with Crippen LogP contribution in [0.15, 0.2) is 18.2 Å². The number of rotatable bonds is 3. The number of carbonyl (C=O) groups excluding carboxylic acids is 1. The van der Waals surface area contributed by atoms with Crippen LogP contribution in [0.5, 0.6) is 0 Å². The SMILES string of the molecule is COC(=O)C1(c2c(F)cccc2[N+](=O)[O-])CCC1. The number of benzene rings is 1. The van der Waals surface area contributed by atoms with E-state index >= 15 is 0 Å². The van der Waals surface area contributed by atoms with Crippen LogP contribution >= 0.6 is 0 Å². The summed E-state index contributed by atoms with van der Waals surface area (Å²) in [6.45, 7) is 0. The normalized spacial score (nSPS) is 16.8. The fourth-order valence-corrected chi connectivity index (χ4v) is 2.42. The number of nitro groups is 1. The van der Waals surface area contributed by atoms with E-state index in [1.54, 1.807) is 0 Å². The summed E-state index contributed by atoms with van der Waals surface area (Å²) in [7, 11) is 1.20.